The smallest absolute Gasteiger partial charge is 0.483 e. The molecule has 0 unspecified atom stereocenters. The van der Waals surface area contributed by atoms with Gasteiger partial charge in [-0.15, -0.1) is 4.84 Å². The maximum absolute atomic E-state index is 8.36. The minimum absolute atomic E-state index is 0. The maximum Gasteiger partial charge on any atom is 1.00 e. The molecule has 0 aromatic carbocycles. The Morgan fingerprint density at radius 3 is 1.62 bits per heavy atom. The van der Waals surface area contributed by atoms with Gasteiger partial charge in [-0.25, -0.2) is 0 Å². The predicted octanol–water partition coefficient (Wildman–Crippen LogP) is -1.32. The van der Waals surface area contributed by atoms with Gasteiger partial charge in [0.05, 0.1) is 0 Å². The minimum atomic E-state index is -0.250. The van der Waals surface area contributed by atoms with Gasteiger partial charge in [0.2, 0.25) is 0 Å². The van der Waals surface area contributed by atoms with Crippen molar-refractivity contribution >= 4 is 29.7 Å². The van der Waals surface area contributed by atoms with Crippen LogP contribution >= 0.6 is 23.2 Å². The molecule has 8 heavy (non-hydrogen) atoms. The van der Waals surface area contributed by atoms with Crippen LogP contribution in [0.5, 0.6) is 0 Å². The van der Waals surface area contributed by atoms with E-state index in [0.29, 0.717) is 4.84 Å². The van der Waals surface area contributed by atoms with Gasteiger partial charge >= 0.3 is 51.4 Å². The van der Waals surface area contributed by atoms with Gasteiger partial charge in [-0.1, -0.05) is 0 Å². The van der Waals surface area contributed by atoms with Crippen LogP contribution in [0.1, 0.15) is 6.92 Å². The van der Waals surface area contributed by atoms with Crippen LogP contribution in [0.15, 0.2) is 0 Å². The molecule has 0 atom stereocenters. The number of carbonyl (C=O) groups is 1. The number of rotatable bonds is 0. The first-order chi connectivity index (χ1) is 3.15. The standard InChI is InChI=1S/C2H3Cl2.CH2O2.K/c1-2(3)4;2-1-3;/h1H3;1H,(H,2,3);/q-1;;+1. The average Bonchev–Trinajstić information content (AvgIpc) is 1.33. The molecule has 0 rings (SSSR count). The second kappa shape index (κ2) is 15.9. The Morgan fingerprint density at radius 1 is 1.62 bits per heavy atom. The molecule has 0 amide bonds. The molecule has 0 saturated carbocycles. The summed E-state index contributed by atoms with van der Waals surface area (Å²) >= 11 is 9.91. The molecular weight excluding hydrogens is 178 g/mol. The molecule has 0 bridgehead atoms. The molecule has 0 aromatic heterocycles. The molecule has 0 fully saturated rings. The van der Waals surface area contributed by atoms with E-state index in [4.69, 9.17) is 33.1 Å². The number of carboxylic acid groups (broad SMARTS) is 1. The Morgan fingerprint density at radius 2 is 1.62 bits per heavy atom. The first-order valence-corrected chi connectivity index (χ1v) is 2.13. The number of hydrogen-bond donors (Lipinski definition) is 1. The largest absolute Gasteiger partial charge is 1.00 e. The van der Waals surface area contributed by atoms with E-state index in [1.54, 1.807) is 6.92 Å². The van der Waals surface area contributed by atoms with Crippen LogP contribution < -0.4 is 51.4 Å². The van der Waals surface area contributed by atoms with E-state index in [2.05, 4.69) is 0 Å². The first kappa shape index (κ1) is 16.3. The third-order valence-electron chi connectivity index (χ3n) is 0. The van der Waals surface area contributed by atoms with Gasteiger partial charge in [-0.3, -0.25) is 4.79 Å². The van der Waals surface area contributed by atoms with E-state index in [9.17, 15) is 0 Å². The molecule has 0 aromatic rings. The Balaban J connectivity index is -0.0000000575. The van der Waals surface area contributed by atoms with E-state index in [1.165, 1.54) is 0 Å². The molecule has 0 aliphatic rings. The zero-order chi connectivity index (χ0) is 6.28. The van der Waals surface area contributed by atoms with Crippen LogP contribution in [-0.2, 0) is 4.79 Å². The third-order valence-corrected chi connectivity index (χ3v) is 0. The van der Waals surface area contributed by atoms with Gasteiger partial charge in [0.15, 0.2) is 0 Å². The number of hydrogen-bond acceptors (Lipinski definition) is 1. The molecule has 0 aliphatic carbocycles. The van der Waals surface area contributed by atoms with Gasteiger partial charge in [0.25, 0.3) is 6.47 Å². The topological polar surface area (TPSA) is 37.3 Å². The monoisotopic (exact) mass is 182 g/mol. The van der Waals surface area contributed by atoms with E-state index >= 15 is 0 Å². The molecular formula is C3H5Cl2KO2. The third kappa shape index (κ3) is 121. The van der Waals surface area contributed by atoms with Crippen molar-refractivity contribution in [2.24, 2.45) is 0 Å². The molecule has 1 N–H and O–H groups in total. The molecule has 0 radical (unpaired) electrons. The van der Waals surface area contributed by atoms with Crippen molar-refractivity contribution in [3.05, 3.63) is 4.84 Å². The van der Waals surface area contributed by atoms with Gasteiger partial charge in [0, 0.05) is 0 Å². The van der Waals surface area contributed by atoms with Gasteiger partial charge in [-0.2, -0.15) is 6.92 Å². The quantitative estimate of drug-likeness (QED) is 0.287. The Hall–Kier alpha value is 1.69. The summed E-state index contributed by atoms with van der Waals surface area (Å²) in [7, 11) is 0. The molecule has 44 valence electrons. The van der Waals surface area contributed by atoms with Crippen molar-refractivity contribution in [3.63, 3.8) is 0 Å². The fraction of sp³-hybridized carbons (Fsp3) is 0.333. The average molecular weight is 183 g/mol. The maximum atomic E-state index is 8.36. The van der Waals surface area contributed by atoms with Crippen LogP contribution in [0.25, 0.3) is 0 Å². The normalized spacial score (nSPS) is 6.00. The second-order valence-electron chi connectivity index (χ2n) is 0.555. The van der Waals surface area contributed by atoms with Crippen LogP contribution in [0.2, 0.25) is 0 Å². The van der Waals surface area contributed by atoms with Crippen LogP contribution in [0, 0.1) is 4.84 Å². The summed E-state index contributed by atoms with van der Waals surface area (Å²) in [5.74, 6) is 0. The zero-order valence-electron chi connectivity index (χ0n) is 4.69. The number of halogens is 2. The fourth-order valence-corrected chi connectivity index (χ4v) is 0. The summed E-state index contributed by atoms with van der Waals surface area (Å²) in [5, 5.41) is 6.89. The second-order valence-corrected chi connectivity index (χ2v) is 1.88. The van der Waals surface area contributed by atoms with Crippen molar-refractivity contribution in [3.8, 4) is 0 Å². The van der Waals surface area contributed by atoms with E-state index in [-0.39, 0.29) is 57.9 Å². The van der Waals surface area contributed by atoms with E-state index in [0.717, 1.165) is 0 Å². The van der Waals surface area contributed by atoms with Crippen LogP contribution in [0.4, 0.5) is 0 Å². The SMILES string of the molecule is C[C-](Cl)Cl.O=CO.[K+]. The van der Waals surface area contributed by atoms with Crippen molar-refractivity contribution in [2.45, 2.75) is 6.92 Å². The van der Waals surface area contributed by atoms with Crippen molar-refractivity contribution in [2.75, 3.05) is 0 Å². The van der Waals surface area contributed by atoms with Gasteiger partial charge in [0.1, 0.15) is 0 Å². The van der Waals surface area contributed by atoms with Gasteiger partial charge < -0.3 is 28.3 Å². The van der Waals surface area contributed by atoms with Crippen LogP contribution in [-0.4, -0.2) is 11.6 Å². The van der Waals surface area contributed by atoms with Gasteiger partial charge in [-0.05, 0) is 0 Å². The molecule has 0 heterocycles. The summed E-state index contributed by atoms with van der Waals surface area (Å²) in [4.78, 5) is 8.72. The van der Waals surface area contributed by atoms with Crippen LogP contribution in [0.3, 0.4) is 0 Å². The summed E-state index contributed by atoms with van der Waals surface area (Å²) in [5.41, 5.74) is 0. The zero-order valence-corrected chi connectivity index (χ0v) is 9.32. The molecule has 0 saturated heterocycles. The Bertz CT molecular complexity index is 39.5. The van der Waals surface area contributed by atoms with Crippen molar-refractivity contribution in [1.29, 1.82) is 0 Å². The Labute approximate surface area is 101 Å². The molecule has 2 nitrogen and oxygen atoms in total. The molecule has 0 aliphatic heterocycles. The van der Waals surface area contributed by atoms with E-state index < -0.39 is 0 Å². The minimum Gasteiger partial charge on any atom is -0.483 e. The summed E-state index contributed by atoms with van der Waals surface area (Å²) in [6.45, 7) is 1.36. The van der Waals surface area contributed by atoms with Crippen molar-refractivity contribution in [1.82, 2.24) is 0 Å². The fourth-order valence-electron chi connectivity index (χ4n) is 0. The van der Waals surface area contributed by atoms with Crippen molar-refractivity contribution < 1.29 is 61.3 Å². The van der Waals surface area contributed by atoms with E-state index in [1.807, 2.05) is 0 Å². The summed E-state index contributed by atoms with van der Waals surface area (Å²) in [6, 6.07) is 0. The first-order valence-electron chi connectivity index (χ1n) is 1.37. The summed E-state index contributed by atoms with van der Waals surface area (Å²) < 4.78 is 0. The summed E-state index contributed by atoms with van der Waals surface area (Å²) in [6.07, 6.45) is 0. The Kier molecular flexibility index (Phi) is 32.4. The predicted molar refractivity (Wildman–Crippen MR) is 29.3 cm³/mol. The molecule has 0 spiro atoms. The molecule has 5 heteroatoms.